The molecule has 0 saturated carbocycles. The summed E-state index contributed by atoms with van der Waals surface area (Å²) in [5.41, 5.74) is 18.2. The van der Waals surface area contributed by atoms with E-state index in [0.29, 0.717) is 74.7 Å². The standard InChI is InChI=1S/C34H35NO4.C26H23NO4.C24H19NO2.C22H15NO2.C17H12/c1-3-26(36)12-9-19-38-28-21-25(22-29(23-28)39-20-10-13-27(37)4-2)35-32-16-8-7-15-31(32)34-30-14-6-5-11-24(30)17-18-33(34)35;28-11-13-30-20-15-19(16-21(17-20)31-14-12-29)27-24-8-4-3-7-23(24)26-22-6-2-1-5-18(22)9-10-25(26)27;1-26-18-13-17(14-19(15-18)27-2)25-22-10-6-5-9-21(22)24-20-8-4-3-7-16(20)11-12-23(24)25;24-16-11-15(12-17(25)13-16)23-20-8-4-3-7-19(20)22-18-6-2-1-5-14(18)9-10-21(22)23;1-3-7-15-12(5-1)9-10-14-11-13-6-2-4-8-16(13)17(14)15/h5-8,11,14-18,21-23H,3-4,9-10,12-13,19-20H2,1-2H3;1-10,15-17,28-29H,11-14H2;3-15H,1-2H3;1-13,24-25H;1-10H,11H2. The van der Waals surface area contributed by atoms with Gasteiger partial charge in [-0.25, -0.2) is 0 Å². The van der Waals surface area contributed by atoms with Gasteiger partial charge in [0.15, 0.2) is 0 Å². The number of fused-ring (bicyclic) bond motifs is 25. The lowest BCUT2D eigenvalue weighted by Gasteiger charge is -2.15. The number of ketones is 2. The maximum absolute atomic E-state index is 11.7. The van der Waals surface area contributed by atoms with Gasteiger partial charge in [0.25, 0.3) is 0 Å². The summed E-state index contributed by atoms with van der Waals surface area (Å²) in [7, 11) is 3.36. The SMILES string of the molecule is CCC(=O)CCCOc1cc(OCCCC(=O)CC)cc(-n2c3ccccc3c3c4ccccc4ccc32)c1.COc1cc(OC)cc(-n2c3ccccc3c3c4ccccc4ccc32)c1.OCCOc1cc(OCCO)cc(-n2c3ccccc3c3c4ccccc4ccc32)c1.Oc1cc(O)cc(-n2c3ccccc3c3c4ccccc4ccc32)c1.c1ccc2c(c1)Cc1ccc3ccccc3c1-2. The number of rotatable bonds is 24. The van der Waals surface area contributed by atoms with Crippen molar-refractivity contribution in [2.24, 2.45) is 0 Å². The molecule has 0 unspecified atom stereocenters. The lowest BCUT2D eigenvalue weighted by Crippen LogP contribution is -2.05. The third-order valence-corrected chi connectivity index (χ3v) is 26.2. The maximum atomic E-state index is 11.7. The van der Waals surface area contributed by atoms with Crippen LogP contribution in [0.2, 0.25) is 0 Å². The molecular weight excluding hydrogens is 1730 g/mol. The second-order valence-electron chi connectivity index (χ2n) is 34.7. The number of aromatic nitrogens is 4. The number of benzene rings is 19. The minimum atomic E-state index is -0.0710. The summed E-state index contributed by atoms with van der Waals surface area (Å²) in [5.74, 6) is 4.73. The minimum absolute atomic E-state index is 0.0433. The molecule has 1 aliphatic rings. The number of nitrogens with zero attached hydrogens (tertiary/aromatic N) is 4. The van der Waals surface area contributed by atoms with Crippen molar-refractivity contribution in [3.05, 3.63) is 387 Å². The molecule has 0 spiro atoms. The molecule has 23 aromatic rings. The molecule has 0 saturated heterocycles. The Kier molecular flexibility index (Phi) is 26.3. The molecule has 16 nitrogen and oxygen atoms in total. The van der Waals surface area contributed by atoms with Crippen LogP contribution in [-0.2, 0) is 16.0 Å². The normalized spacial score (nSPS) is 11.5. The first-order valence-corrected chi connectivity index (χ1v) is 47.4. The molecule has 24 rings (SSSR count). The first kappa shape index (κ1) is 90.2. The van der Waals surface area contributed by atoms with Gasteiger partial charge in [-0.2, -0.15) is 0 Å². The first-order valence-electron chi connectivity index (χ1n) is 47.4. The zero-order valence-corrected chi connectivity index (χ0v) is 77.8. The highest BCUT2D eigenvalue weighted by atomic mass is 16.5. The number of aromatic hydroxyl groups is 2. The average molecular weight is 1830 g/mol. The summed E-state index contributed by atoms with van der Waals surface area (Å²) in [6, 6.07) is 129. The van der Waals surface area contributed by atoms with Crippen LogP contribution >= 0.6 is 0 Å². The van der Waals surface area contributed by atoms with E-state index < -0.39 is 0 Å². The molecule has 139 heavy (non-hydrogen) atoms. The Hall–Kier alpha value is -16.7. The van der Waals surface area contributed by atoms with Gasteiger partial charge in [-0.15, -0.1) is 0 Å². The number of phenols is 2. The van der Waals surface area contributed by atoms with Crippen molar-refractivity contribution in [3.8, 4) is 79.9 Å². The number of ether oxygens (including phenoxy) is 6. The van der Waals surface area contributed by atoms with E-state index in [0.717, 1.165) is 79.2 Å². The molecular formula is C123H104N4O12. The zero-order valence-electron chi connectivity index (χ0n) is 77.8. The second kappa shape index (κ2) is 40.5. The molecule has 4 N–H and O–H groups in total. The van der Waals surface area contributed by atoms with E-state index in [1.165, 1.54) is 131 Å². The van der Waals surface area contributed by atoms with Gasteiger partial charge in [-0.05, 0) is 144 Å². The molecule has 16 heteroatoms. The van der Waals surface area contributed by atoms with Crippen molar-refractivity contribution in [3.63, 3.8) is 0 Å². The van der Waals surface area contributed by atoms with Crippen molar-refractivity contribution in [2.75, 3.05) is 53.9 Å². The van der Waals surface area contributed by atoms with E-state index >= 15 is 0 Å². The fourth-order valence-electron chi connectivity index (χ4n) is 19.9. The molecule has 0 atom stereocenters. The molecule has 19 aromatic carbocycles. The minimum Gasteiger partial charge on any atom is -0.508 e. The molecule has 0 aliphatic heterocycles. The first-order chi connectivity index (χ1) is 68.3. The third kappa shape index (κ3) is 18.2. The summed E-state index contributed by atoms with van der Waals surface area (Å²) < 4.78 is 43.5. The average Bonchev–Trinajstić information content (AvgIpc) is 1.59. The number of carbonyl (C=O) groups excluding carboxylic acids is 2. The smallest absolute Gasteiger partial charge is 0.132 e. The summed E-state index contributed by atoms with van der Waals surface area (Å²) >= 11 is 0. The van der Waals surface area contributed by atoms with E-state index in [4.69, 9.17) is 28.4 Å². The highest BCUT2D eigenvalue weighted by Crippen LogP contribution is 2.46. The van der Waals surface area contributed by atoms with Crippen molar-refractivity contribution in [1.82, 2.24) is 18.3 Å². The van der Waals surface area contributed by atoms with E-state index in [2.05, 4.69) is 291 Å². The lowest BCUT2D eigenvalue weighted by atomic mass is 9.98. The fraction of sp³-hybridized carbons (Fsp3) is 0.138. The van der Waals surface area contributed by atoms with Crippen LogP contribution < -0.4 is 28.4 Å². The Morgan fingerprint density at radius 2 is 0.554 bits per heavy atom. The third-order valence-electron chi connectivity index (χ3n) is 26.2. The van der Waals surface area contributed by atoms with Crippen LogP contribution in [0.3, 0.4) is 0 Å². The molecule has 4 heterocycles. The molecule has 0 amide bonds. The number of aliphatic hydroxyl groups excluding tert-OH is 2. The fourth-order valence-corrected chi connectivity index (χ4v) is 19.9. The molecule has 688 valence electrons. The van der Waals surface area contributed by atoms with Gasteiger partial charge in [0.05, 0.1) is 108 Å². The van der Waals surface area contributed by atoms with Gasteiger partial charge in [0.1, 0.15) is 70.8 Å². The van der Waals surface area contributed by atoms with Crippen LogP contribution in [0, 0.1) is 0 Å². The summed E-state index contributed by atoms with van der Waals surface area (Å²) in [4.78, 5) is 23.5. The molecule has 0 bridgehead atoms. The number of phenolic OH excluding ortho intramolecular Hbond substituents is 2. The van der Waals surface area contributed by atoms with Gasteiger partial charge in [0.2, 0.25) is 0 Å². The van der Waals surface area contributed by atoms with E-state index in [9.17, 15) is 30.0 Å². The summed E-state index contributed by atoms with van der Waals surface area (Å²) in [6.07, 6.45) is 4.57. The predicted molar refractivity (Wildman–Crippen MR) is 567 cm³/mol. The zero-order chi connectivity index (χ0) is 95.0. The van der Waals surface area contributed by atoms with Crippen LogP contribution in [0.4, 0.5) is 0 Å². The number of hydrogen-bond acceptors (Lipinski definition) is 12. The highest BCUT2D eigenvalue weighted by molar-refractivity contribution is 6.25. The lowest BCUT2D eigenvalue weighted by molar-refractivity contribution is -0.119. The number of carbonyl (C=O) groups is 2. The van der Waals surface area contributed by atoms with Crippen molar-refractivity contribution in [2.45, 2.75) is 58.8 Å². The number of hydrogen-bond donors (Lipinski definition) is 4. The van der Waals surface area contributed by atoms with Crippen LogP contribution in [0.25, 0.3) is 175 Å². The van der Waals surface area contributed by atoms with Gasteiger partial charge >= 0.3 is 0 Å². The quantitative estimate of drug-likeness (QED) is 0.0420. The van der Waals surface area contributed by atoms with Gasteiger partial charge < -0.3 is 67.1 Å². The van der Waals surface area contributed by atoms with Gasteiger partial charge in [0, 0.05) is 142 Å². The Morgan fingerprint density at radius 3 is 0.899 bits per heavy atom. The van der Waals surface area contributed by atoms with E-state index in [1.54, 1.807) is 32.4 Å². The van der Waals surface area contributed by atoms with Crippen molar-refractivity contribution >= 4 is 153 Å². The van der Waals surface area contributed by atoms with Gasteiger partial charge in [-0.1, -0.05) is 269 Å². The Bertz CT molecular complexity index is 8460. The molecule has 1 aliphatic carbocycles. The number of Topliss-reactive ketones (excluding diaryl/α,β-unsaturated/α-hetero) is 2. The van der Waals surface area contributed by atoms with E-state index in [1.807, 2.05) is 92.7 Å². The topological polar surface area (TPSA) is 190 Å². The van der Waals surface area contributed by atoms with Crippen molar-refractivity contribution < 1.29 is 58.4 Å². The monoisotopic (exact) mass is 1830 g/mol. The van der Waals surface area contributed by atoms with Crippen LogP contribution in [-0.4, -0.2) is 104 Å². The molecule has 4 aromatic heterocycles. The van der Waals surface area contributed by atoms with Gasteiger partial charge in [-0.3, -0.25) is 9.59 Å². The number of methoxy groups -OCH3 is 2. The van der Waals surface area contributed by atoms with Crippen molar-refractivity contribution in [1.29, 1.82) is 0 Å². The Morgan fingerprint density at radius 1 is 0.273 bits per heavy atom. The number of aliphatic hydroxyl groups is 2. The maximum Gasteiger partial charge on any atom is 0.132 e. The van der Waals surface area contributed by atoms with Crippen LogP contribution in [0.5, 0.6) is 46.0 Å². The molecule has 0 radical (unpaired) electrons. The predicted octanol–water partition coefficient (Wildman–Crippen LogP) is 28.6. The summed E-state index contributed by atoms with van der Waals surface area (Å²) in [6.45, 7) is 4.94. The van der Waals surface area contributed by atoms with Crippen LogP contribution in [0.15, 0.2) is 376 Å². The Labute approximate surface area is 804 Å². The summed E-state index contributed by atoms with van der Waals surface area (Å²) in [5, 5.41) is 60.3. The van der Waals surface area contributed by atoms with Crippen LogP contribution in [0.1, 0.15) is 63.5 Å². The van der Waals surface area contributed by atoms with E-state index in [-0.39, 0.29) is 49.5 Å². The second-order valence-corrected chi connectivity index (χ2v) is 34.7. The molecule has 0 fully saturated rings. The number of para-hydroxylation sites is 4. The highest BCUT2D eigenvalue weighted by Gasteiger charge is 2.25. The Balaban J connectivity index is 0.000000109. The largest absolute Gasteiger partial charge is 0.508 e.